The predicted octanol–water partition coefficient (Wildman–Crippen LogP) is 1.56. The van der Waals surface area contributed by atoms with Crippen molar-refractivity contribution in [2.75, 3.05) is 13.7 Å². The highest BCUT2D eigenvalue weighted by Crippen LogP contribution is 2.44. The van der Waals surface area contributed by atoms with Gasteiger partial charge in [0.25, 0.3) is 0 Å². The highest BCUT2D eigenvalue weighted by atomic mass is 16.5. The number of nitrogens with two attached hydrogens (primary N) is 1. The van der Waals surface area contributed by atoms with Crippen LogP contribution in [0.2, 0.25) is 0 Å². The molecule has 4 rings (SSSR count). The van der Waals surface area contributed by atoms with Crippen LogP contribution in [0.25, 0.3) is 11.3 Å². The fraction of sp³-hybridized carbons (Fsp3) is 0.500. The number of carbonyl (C=O) groups excluding carboxylic acids is 1. The third-order valence-electron chi connectivity index (χ3n) is 6.16. The number of fused-ring (bicyclic) bond motifs is 1. The number of methoxy groups -OCH3 is 1. The van der Waals surface area contributed by atoms with Crippen LogP contribution < -0.4 is 21.3 Å². The van der Waals surface area contributed by atoms with Gasteiger partial charge in [0, 0.05) is 36.7 Å². The van der Waals surface area contributed by atoms with Crippen LogP contribution in [0.1, 0.15) is 30.7 Å². The number of hydrogen-bond donors (Lipinski definition) is 3. The number of rotatable bonds is 4. The second kappa shape index (κ2) is 7.32. The van der Waals surface area contributed by atoms with Gasteiger partial charge < -0.3 is 10.5 Å². The van der Waals surface area contributed by atoms with Gasteiger partial charge in [-0.15, -0.1) is 0 Å². The molecule has 2 aliphatic rings. The second-order valence-electron chi connectivity index (χ2n) is 7.56. The number of aromatic nitrogens is 2. The molecule has 2 fully saturated rings. The minimum Gasteiger partial charge on any atom is -0.497 e. The van der Waals surface area contributed by atoms with E-state index in [0.29, 0.717) is 12.5 Å². The van der Waals surface area contributed by atoms with Gasteiger partial charge in [0.2, 0.25) is 5.91 Å². The molecule has 1 saturated heterocycles. The number of carbonyl (C=O) groups is 1. The molecule has 0 spiro atoms. The average Bonchev–Trinajstić information content (AvgIpc) is 3.09. The van der Waals surface area contributed by atoms with Gasteiger partial charge in [-0.3, -0.25) is 14.9 Å². The van der Waals surface area contributed by atoms with Crippen LogP contribution in [0, 0.1) is 11.8 Å². The summed E-state index contributed by atoms with van der Waals surface area (Å²) in [5, 5.41) is 4.53. The van der Waals surface area contributed by atoms with E-state index in [1.54, 1.807) is 7.11 Å². The topological polar surface area (TPSA) is 94.2 Å². The number of nitrogens with one attached hydrogen (secondary N) is 2. The highest BCUT2D eigenvalue weighted by Gasteiger charge is 2.43. The number of benzene rings is 1. The molecule has 4 unspecified atom stereocenters. The zero-order valence-electron chi connectivity index (χ0n) is 15.8. The maximum atomic E-state index is 12.2. The van der Waals surface area contributed by atoms with Gasteiger partial charge in [-0.1, -0.05) is 0 Å². The Hall–Kier alpha value is -2.38. The Labute approximate surface area is 159 Å². The number of amides is 1. The fourth-order valence-corrected chi connectivity index (χ4v) is 4.71. The molecule has 2 aromatic rings. The molecule has 1 aliphatic carbocycles. The first-order chi connectivity index (χ1) is 13.1. The first-order valence-electron chi connectivity index (χ1n) is 9.54. The lowest BCUT2D eigenvalue weighted by Crippen LogP contribution is -2.62. The Bertz CT molecular complexity index is 816. The highest BCUT2D eigenvalue weighted by molar-refractivity contribution is 5.79. The van der Waals surface area contributed by atoms with Gasteiger partial charge in [-0.2, -0.15) is 5.10 Å². The van der Waals surface area contributed by atoms with Gasteiger partial charge in [0.15, 0.2) is 0 Å². The molecule has 1 aromatic heterocycles. The molecule has 0 radical (unpaired) electrons. The number of aryl methyl sites for hydroxylation is 1. The molecule has 2 heterocycles. The van der Waals surface area contributed by atoms with E-state index in [4.69, 9.17) is 10.5 Å². The van der Waals surface area contributed by atoms with Crippen molar-refractivity contribution in [1.29, 1.82) is 0 Å². The summed E-state index contributed by atoms with van der Waals surface area (Å²) in [4.78, 5) is 12.2. The van der Waals surface area contributed by atoms with Crippen LogP contribution in [0.3, 0.4) is 0 Å². The molecule has 1 aromatic carbocycles. The van der Waals surface area contributed by atoms with Crippen molar-refractivity contribution in [3.63, 3.8) is 0 Å². The Morgan fingerprint density at radius 1 is 1.30 bits per heavy atom. The normalized spacial score (nSPS) is 27.7. The molecule has 4 N–H and O–H groups in total. The van der Waals surface area contributed by atoms with Crippen molar-refractivity contribution in [3.8, 4) is 17.0 Å². The monoisotopic (exact) mass is 369 g/mol. The number of hydrogen-bond acceptors (Lipinski definition) is 5. The first kappa shape index (κ1) is 18.0. The SMILES string of the molecule is COc1ccc(-c2c(C3CCC4C(=O)NNC(CN)C4C3)cnn2C)cc1. The van der Waals surface area contributed by atoms with Gasteiger partial charge in [-0.25, -0.2) is 5.43 Å². The molecule has 4 atom stereocenters. The molecule has 7 nitrogen and oxygen atoms in total. The summed E-state index contributed by atoms with van der Waals surface area (Å²) in [6.45, 7) is 0.520. The quantitative estimate of drug-likeness (QED) is 0.760. The first-order valence-corrected chi connectivity index (χ1v) is 9.54. The van der Waals surface area contributed by atoms with E-state index < -0.39 is 0 Å². The predicted molar refractivity (Wildman–Crippen MR) is 103 cm³/mol. The van der Waals surface area contributed by atoms with Crippen molar-refractivity contribution >= 4 is 5.91 Å². The van der Waals surface area contributed by atoms with Crippen molar-refractivity contribution in [3.05, 3.63) is 36.0 Å². The average molecular weight is 369 g/mol. The number of nitrogens with zero attached hydrogens (tertiary/aromatic N) is 2. The van der Waals surface area contributed by atoms with Crippen LogP contribution in [0.15, 0.2) is 30.5 Å². The zero-order valence-corrected chi connectivity index (χ0v) is 15.8. The molecule has 1 amide bonds. The summed E-state index contributed by atoms with van der Waals surface area (Å²) in [6, 6.07) is 8.22. The van der Waals surface area contributed by atoms with E-state index in [1.807, 2.05) is 30.1 Å². The van der Waals surface area contributed by atoms with Crippen LogP contribution in [0.4, 0.5) is 0 Å². The summed E-state index contributed by atoms with van der Waals surface area (Å²) in [7, 11) is 3.65. The van der Waals surface area contributed by atoms with Gasteiger partial charge in [0.1, 0.15) is 5.75 Å². The summed E-state index contributed by atoms with van der Waals surface area (Å²) in [5.41, 5.74) is 15.4. The van der Waals surface area contributed by atoms with Crippen LogP contribution in [-0.4, -0.2) is 35.4 Å². The Morgan fingerprint density at radius 2 is 2.07 bits per heavy atom. The van der Waals surface area contributed by atoms with E-state index in [1.165, 1.54) is 5.56 Å². The summed E-state index contributed by atoms with van der Waals surface area (Å²) < 4.78 is 7.22. The van der Waals surface area contributed by atoms with Crippen molar-refractivity contribution in [1.82, 2.24) is 20.6 Å². The summed E-state index contributed by atoms with van der Waals surface area (Å²) >= 11 is 0. The Morgan fingerprint density at radius 3 is 2.78 bits per heavy atom. The van der Waals surface area contributed by atoms with E-state index >= 15 is 0 Å². The minimum absolute atomic E-state index is 0.0529. The molecule has 144 valence electrons. The summed E-state index contributed by atoms with van der Waals surface area (Å²) in [5.74, 6) is 1.63. The van der Waals surface area contributed by atoms with Crippen molar-refractivity contribution < 1.29 is 9.53 Å². The Balaban J connectivity index is 1.63. The van der Waals surface area contributed by atoms with E-state index in [0.717, 1.165) is 36.3 Å². The van der Waals surface area contributed by atoms with Gasteiger partial charge >= 0.3 is 0 Å². The molecule has 1 saturated carbocycles. The third kappa shape index (κ3) is 3.21. The van der Waals surface area contributed by atoms with Crippen LogP contribution >= 0.6 is 0 Å². The minimum atomic E-state index is 0.0529. The lowest BCUT2D eigenvalue weighted by molar-refractivity contribution is -0.133. The van der Waals surface area contributed by atoms with Crippen molar-refractivity contribution in [2.24, 2.45) is 24.6 Å². The molecule has 0 bridgehead atoms. The largest absolute Gasteiger partial charge is 0.497 e. The van der Waals surface area contributed by atoms with E-state index in [2.05, 4.69) is 28.1 Å². The van der Waals surface area contributed by atoms with Gasteiger partial charge in [0.05, 0.1) is 19.0 Å². The maximum Gasteiger partial charge on any atom is 0.237 e. The lowest BCUT2D eigenvalue weighted by atomic mass is 9.68. The molecule has 1 aliphatic heterocycles. The third-order valence-corrected chi connectivity index (χ3v) is 6.16. The lowest BCUT2D eigenvalue weighted by Gasteiger charge is -2.43. The molecule has 27 heavy (non-hydrogen) atoms. The Kier molecular flexibility index (Phi) is 4.88. The number of hydrazine groups is 1. The molecular weight excluding hydrogens is 342 g/mol. The number of ether oxygens (including phenoxy) is 1. The maximum absolute atomic E-state index is 12.2. The molecule has 7 heteroatoms. The smallest absolute Gasteiger partial charge is 0.237 e. The van der Waals surface area contributed by atoms with E-state index in [-0.39, 0.29) is 23.8 Å². The fourth-order valence-electron chi connectivity index (χ4n) is 4.71. The standard InChI is InChI=1S/C20H27N5O2/c1-25-19(12-3-6-14(27-2)7-4-12)17(11-22-25)13-5-8-15-16(9-13)18(10-21)23-24-20(15)26/h3-4,6-7,11,13,15-16,18,23H,5,8-10,21H2,1-2H3,(H,24,26). The van der Waals surface area contributed by atoms with Crippen LogP contribution in [0.5, 0.6) is 5.75 Å². The zero-order chi connectivity index (χ0) is 19.0. The van der Waals surface area contributed by atoms with Gasteiger partial charge in [-0.05, 0) is 55.4 Å². The molecular formula is C20H27N5O2. The van der Waals surface area contributed by atoms with Crippen LogP contribution in [-0.2, 0) is 11.8 Å². The van der Waals surface area contributed by atoms with E-state index in [9.17, 15) is 4.79 Å². The van der Waals surface area contributed by atoms with Crippen molar-refractivity contribution in [2.45, 2.75) is 31.2 Å². The summed E-state index contributed by atoms with van der Waals surface area (Å²) in [6.07, 6.45) is 4.80. The second-order valence-corrected chi connectivity index (χ2v) is 7.56.